The maximum absolute atomic E-state index is 12.7. The summed E-state index contributed by atoms with van der Waals surface area (Å²) in [5.41, 5.74) is 1.57. The molecule has 1 aliphatic rings. The number of rotatable bonds is 5. The van der Waals surface area contributed by atoms with Gasteiger partial charge in [0.2, 0.25) is 5.91 Å². The highest BCUT2D eigenvalue weighted by molar-refractivity contribution is 6.13. The van der Waals surface area contributed by atoms with E-state index < -0.39 is 0 Å². The van der Waals surface area contributed by atoms with Gasteiger partial charge in [-0.1, -0.05) is 42.5 Å². The summed E-state index contributed by atoms with van der Waals surface area (Å²) in [6.45, 7) is 1.53. The predicted octanol–water partition coefficient (Wildman–Crippen LogP) is 2.31. The van der Waals surface area contributed by atoms with E-state index in [2.05, 4.69) is 5.32 Å². The molecule has 25 heavy (non-hydrogen) atoms. The molecule has 0 aliphatic carbocycles. The summed E-state index contributed by atoms with van der Waals surface area (Å²) in [5, 5.41) is 12.5. The number of carbonyl (C=O) groups excluding carboxylic acids is 2. The Morgan fingerprint density at radius 2 is 1.80 bits per heavy atom. The fourth-order valence-electron chi connectivity index (χ4n) is 3.10. The van der Waals surface area contributed by atoms with Gasteiger partial charge >= 0.3 is 0 Å². The second kappa shape index (κ2) is 8.05. The number of amides is 1. The van der Waals surface area contributed by atoms with Crippen LogP contribution >= 0.6 is 0 Å². The number of hydrogen-bond donors (Lipinski definition) is 2. The van der Waals surface area contributed by atoms with Crippen molar-refractivity contribution in [3.8, 4) is 0 Å². The van der Waals surface area contributed by atoms with Crippen LogP contribution < -0.4 is 5.32 Å². The van der Waals surface area contributed by atoms with E-state index in [1.54, 1.807) is 36.4 Å². The van der Waals surface area contributed by atoms with Gasteiger partial charge in [-0.2, -0.15) is 0 Å². The molecule has 3 rings (SSSR count). The molecule has 2 aromatic rings. The third kappa shape index (κ3) is 4.53. The number of anilines is 1. The zero-order valence-corrected chi connectivity index (χ0v) is 14.0. The summed E-state index contributed by atoms with van der Waals surface area (Å²) in [7, 11) is 0. The van der Waals surface area contributed by atoms with Gasteiger partial charge in [-0.3, -0.25) is 14.5 Å². The molecule has 130 valence electrons. The monoisotopic (exact) mass is 338 g/mol. The first-order chi connectivity index (χ1) is 12.1. The van der Waals surface area contributed by atoms with Gasteiger partial charge in [0, 0.05) is 17.7 Å². The first-order valence-corrected chi connectivity index (χ1v) is 8.52. The number of para-hydroxylation sites is 1. The third-order valence-corrected chi connectivity index (χ3v) is 4.33. The van der Waals surface area contributed by atoms with Crippen molar-refractivity contribution in [3.05, 3.63) is 65.7 Å². The van der Waals surface area contributed by atoms with Gasteiger partial charge < -0.3 is 10.4 Å². The minimum absolute atomic E-state index is 0.120. The van der Waals surface area contributed by atoms with Crippen LogP contribution in [0.1, 0.15) is 28.8 Å². The van der Waals surface area contributed by atoms with Gasteiger partial charge in [0.15, 0.2) is 5.78 Å². The van der Waals surface area contributed by atoms with E-state index in [-0.39, 0.29) is 24.3 Å². The van der Waals surface area contributed by atoms with Gasteiger partial charge in [-0.15, -0.1) is 0 Å². The topological polar surface area (TPSA) is 69.6 Å². The Bertz CT molecular complexity index is 746. The van der Waals surface area contributed by atoms with Crippen molar-refractivity contribution in [1.82, 2.24) is 4.90 Å². The van der Waals surface area contributed by atoms with Crippen LogP contribution in [-0.4, -0.2) is 47.4 Å². The molecular weight excluding hydrogens is 316 g/mol. The molecule has 0 bridgehead atoms. The summed E-state index contributed by atoms with van der Waals surface area (Å²) in [6.07, 6.45) is 1.30. The second-order valence-electron chi connectivity index (χ2n) is 6.32. The Hall–Kier alpha value is -2.50. The molecule has 0 saturated carbocycles. The number of β-amino-alcohol motifs (C(OH)–C–C–N with tert-alkyl or cyclic N) is 1. The van der Waals surface area contributed by atoms with Gasteiger partial charge in [-0.25, -0.2) is 0 Å². The molecule has 0 spiro atoms. The number of hydrogen-bond acceptors (Lipinski definition) is 4. The van der Waals surface area contributed by atoms with Crippen molar-refractivity contribution in [2.24, 2.45) is 0 Å². The SMILES string of the molecule is O=C(CN1CCCC(O)C1)Nc1ccccc1C(=O)c1ccccc1. The Morgan fingerprint density at radius 1 is 1.08 bits per heavy atom. The average Bonchev–Trinajstić information content (AvgIpc) is 2.62. The summed E-state index contributed by atoms with van der Waals surface area (Å²) >= 11 is 0. The zero-order valence-electron chi connectivity index (χ0n) is 14.0. The van der Waals surface area contributed by atoms with Crippen molar-refractivity contribution in [2.45, 2.75) is 18.9 Å². The Balaban J connectivity index is 1.70. The molecule has 2 aromatic carbocycles. The molecular formula is C20H22N2O3. The molecule has 5 heteroatoms. The van der Waals surface area contributed by atoms with Gasteiger partial charge in [-0.05, 0) is 31.5 Å². The fourth-order valence-corrected chi connectivity index (χ4v) is 3.10. The second-order valence-corrected chi connectivity index (χ2v) is 6.32. The Kier molecular flexibility index (Phi) is 5.58. The van der Waals surface area contributed by atoms with Gasteiger partial charge in [0.05, 0.1) is 18.3 Å². The molecule has 1 unspecified atom stereocenters. The van der Waals surface area contributed by atoms with Crippen LogP contribution in [0.2, 0.25) is 0 Å². The highest BCUT2D eigenvalue weighted by atomic mass is 16.3. The number of piperidine rings is 1. The van der Waals surface area contributed by atoms with Crippen LogP contribution in [0.5, 0.6) is 0 Å². The number of nitrogens with one attached hydrogen (secondary N) is 1. The van der Waals surface area contributed by atoms with Crippen LogP contribution in [0.15, 0.2) is 54.6 Å². The molecule has 5 nitrogen and oxygen atoms in total. The van der Waals surface area contributed by atoms with E-state index in [1.807, 2.05) is 23.1 Å². The molecule has 1 saturated heterocycles. The minimum atomic E-state index is -0.367. The highest BCUT2D eigenvalue weighted by Crippen LogP contribution is 2.19. The van der Waals surface area contributed by atoms with Crippen LogP contribution in [0.3, 0.4) is 0 Å². The van der Waals surface area contributed by atoms with Crippen LogP contribution in [-0.2, 0) is 4.79 Å². The number of ketones is 1. The van der Waals surface area contributed by atoms with Crippen molar-refractivity contribution in [1.29, 1.82) is 0 Å². The lowest BCUT2D eigenvalue weighted by molar-refractivity contribution is -0.118. The Morgan fingerprint density at radius 3 is 2.56 bits per heavy atom. The number of aliphatic hydroxyl groups is 1. The van der Waals surface area contributed by atoms with E-state index in [9.17, 15) is 14.7 Å². The molecule has 1 fully saturated rings. The van der Waals surface area contributed by atoms with Crippen LogP contribution in [0.4, 0.5) is 5.69 Å². The van der Waals surface area contributed by atoms with E-state index in [1.165, 1.54) is 0 Å². The molecule has 1 amide bonds. The molecule has 0 radical (unpaired) electrons. The largest absolute Gasteiger partial charge is 0.392 e. The van der Waals surface area contributed by atoms with E-state index in [0.717, 1.165) is 19.4 Å². The van der Waals surface area contributed by atoms with Crippen molar-refractivity contribution >= 4 is 17.4 Å². The van der Waals surface area contributed by atoms with E-state index in [0.29, 0.717) is 23.4 Å². The molecule has 1 atom stereocenters. The number of nitrogens with zero attached hydrogens (tertiary/aromatic N) is 1. The first kappa shape index (κ1) is 17.3. The third-order valence-electron chi connectivity index (χ3n) is 4.33. The lowest BCUT2D eigenvalue weighted by atomic mass is 10.0. The maximum atomic E-state index is 12.7. The van der Waals surface area contributed by atoms with Crippen molar-refractivity contribution < 1.29 is 14.7 Å². The molecule has 2 N–H and O–H groups in total. The normalized spacial score (nSPS) is 17.9. The van der Waals surface area contributed by atoms with Gasteiger partial charge in [0.1, 0.15) is 0 Å². The first-order valence-electron chi connectivity index (χ1n) is 8.52. The van der Waals surface area contributed by atoms with Crippen molar-refractivity contribution in [2.75, 3.05) is 25.0 Å². The zero-order chi connectivity index (χ0) is 17.6. The maximum Gasteiger partial charge on any atom is 0.238 e. The van der Waals surface area contributed by atoms with Gasteiger partial charge in [0.25, 0.3) is 0 Å². The number of aliphatic hydroxyl groups excluding tert-OH is 1. The molecule has 1 heterocycles. The van der Waals surface area contributed by atoms with E-state index >= 15 is 0 Å². The summed E-state index contributed by atoms with van der Waals surface area (Å²) in [4.78, 5) is 27.0. The quantitative estimate of drug-likeness (QED) is 0.821. The molecule has 1 aliphatic heterocycles. The lowest BCUT2D eigenvalue weighted by Crippen LogP contribution is -2.42. The summed E-state index contributed by atoms with van der Waals surface area (Å²) in [5.74, 6) is -0.299. The smallest absolute Gasteiger partial charge is 0.238 e. The highest BCUT2D eigenvalue weighted by Gasteiger charge is 2.21. The fraction of sp³-hybridized carbons (Fsp3) is 0.300. The number of likely N-dealkylation sites (tertiary alicyclic amines) is 1. The van der Waals surface area contributed by atoms with Crippen LogP contribution in [0.25, 0.3) is 0 Å². The Labute approximate surface area is 147 Å². The lowest BCUT2D eigenvalue weighted by Gasteiger charge is -2.29. The standard InChI is InChI=1S/C20H22N2O3/c23-16-9-6-12-22(13-16)14-19(24)21-18-11-5-4-10-17(18)20(25)15-7-2-1-3-8-15/h1-5,7-8,10-11,16,23H,6,9,12-14H2,(H,21,24). The molecule has 0 aromatic heterocycles. The summed E-state index contributed by atoms with van der Waals surface area (Å²) < 4.78 is 0. The number of carbonyl (C=O) groups is 2. The number of benzene rings is 2. The summed E-state index contributed by atoms with van der Waals surface area (Å²) in [6, 6.07) is 16.0. The minimum Gasteiger partial charge on any atom is -0.392 e. The predicted molar refractivity (Wildman–Crippen MR) is 96.6 cm³/mol. The van der Waals surface area contributed by atoms with E-state index in [4.69, 9.17) is 0 Å². The van der Waals surface area contributed by atoms with Crippen molar-refractivity contribution in [3.63, 3.8) is 0 Å². The average molecular weight is 338 g/mol. The van der Waals surface area contributed by atoms with Crippen LogP contribution in [0, 0.1) is 0 Å².